The summed E-state index contributed by atoms with van der Waals surface area (Å²) in [6.07, 6.45) is 8.36. The monoisotopic (exact) mass is 369 g/mol. The molecule has 6 nitrogen and oxygen atoms in total. The number of carbonyl (C=O) groups excluding carboxylic acids is 1. The summed E-state index contributed by atoms with van der Waals surface area (Å²) in [6, 6.07) is 6.24. The summed E-state index contributed by atoms with van der Waals surface area (Å²) < 4.78 is 2.33. The number of carbonyl (C=O) groups is 1. The lowest BCUT2D eigenvalue weighted by atomic mass is 9.98. The van der Waals surface area contributed by atoms with Crippen LogP contribution in [-0.2, 0) is 17.9 Å². The predicted molar refractivity (Wildman–Crippen MR) is 104 cm³/mol. The van der Waals surface area contributed by atoms with E-state index in [0.29, 0.717) is 11.0 Å². The topological polar surface area (TPSA) is 63.1 Å². The van der Waals surface area contributed by atoms with Crippen LogP contribution < -0.4 is 5.32 Å². The van der Waals surface area contributed by atoms with Gasteiger partial charge in [-0.1, -0.05) is 0 Å². The fraction of sp³-hybridized carbons (Fsp3) is 0.421. The highest BCUT2D eigenvalue weighted by Gasteiger charge is 2.21. The van der Waals surface area contributed by atoms with Crippen LogP contribution in [0.15, 0.2) is 36.8 Å². The SMILES string of the molecule is CC(=O)Nc1ncc(CN2CCCC(Cn3ccc4ncccc43)C2)s1. The van der Waals surface area contributed by atoms with Crippen molar-refractivity contribution in [3.05, 3.63) is 41.7 Å². The first kappa shape index (κ1) is 17.2. The Bertz CT molecular complexity index is 902. The Morgan fingerprint density at radius 3 is 3.19 bits per heavy atom. The van der Waals surface area contributed by atoms with Crippen molar-refractivity contribution in [2.75, 3.05) is 18.4 Å². The van der Waals surface area contributed by atoms with Crippen molar-refractivity contribution in [3.8, 4) is 0 Å². The number of aromatic nitrogens is 3. The van der Waals surface area contributed by atoms with Crippen molar-refractivity contribution < 1.29 is 4.79 Å². The fourth-order valence-electron chi connectivity index (χ4n) is 3.71. The van der Waals surface area contributed by atoms with Crippen LogP contribution >= 0.6 is 11.3 Å². The van der Waals surface area contributed by atoms with E-state index in [0.717, 1.165) is 31.7 Å². The van der Waals surface area contributed by atoms with Gasteiger partial charge in [-0.2, -0.15) is 0 Å². The summed E-state index contributed by atoms with van der Waals surface area (Å²) >= 11 is 1.57. The minimum absolute atomic E-state index is 0.0719. The zero-order chi connectivity index (χ0) is 17.9. The van der Waals surface area contributed by atoms with Crippen LogP contribution in [0.25, 0.3) is 11.0 Å². The summed E-state index contributed by atoms with van der Waals surface area (Å²) in [5.41, 5.74) is 2.28. The smallest absolute Gasteiger partial charge is 0.223 e. The number of hydrogen-bond acceptors (Lipinski definition) is 5. The molecule has 4 heterocycles. The van der Waals surface area contributed by atoms with Gasteiger partial charge in [-0.25, -0.2) is 4.98 Å². The maximum atomic E-state index is 11.1. The van der Waals surface area contributed by atoms with Crippen molar-refractivity contribution >= 4 is 33.4 Å². The molecule has 0 aromatic carbocycles. The Labute approximate surface area is 156 Å². The number of nitrogens with zero attached hydrogens (tertiary/aromatic N) is 4. The van der Waals surface area contributed by atoms with E-state index in [1.165, 1.54) is 30.2 Å². The van der Waals surface area contributed by atoms with E-state index in [4.69, 9.17) is 0 Å². The van der Waals surface area contributed by atoms with Gasteiger partial charge in [-0.05, 0) is 43.5 Å². The molecule has 7 heteroatoms. The van der Waals surface area contributed by atoms with Crippen LogP contribution in [-0.4, -0.2) is 38.4 Å². The van der Waals surface area contributed by atoms with Crippen molar-refractivity contribution in [1.29, 1.82) is 0 Å². The van der Waals surface area contributed by atoms with Gasteiger partial charge in [0.15, 0.2) is 5.13 Å². The number of hydrogen-bond donors (Lipinski definition) is 1. The van der Waals surface area contributed by atoms with E-state index >= 15 is 0 Å². The number of likely N-dealkylation sites (tertiary alicyclic amines) is 1. The summed E-state index contributed by atoms with van der Waals surface area (Å²) in [5.74, 6) is 0.569. The number of thiazole rings is 1. The number of rotatable bonds is 5. The lowest BCUT2D eigenvalue weighted by Crippen LogP contribution is -2.36. The highest BCUT2D eigenvalue weighted by atomic mass is 32.1. The number of pyridine rings is 1. The Balaban J connectivity index is 1.38. The van der Waals surface area contributed by atoms with Crippen LogP contribution in [0.1, 0.15) is 24.6 Å². The van der Waals surface area contributed by atoms with Gasteiger partial charge in [0.1, 0.15) is 0 Å². The molecule has 1 amide bonds. The number of amides is 1. The van der Waals surface area contributed by atoms with E-state index in [-0.39, 0.29) is 5.91 Å². The Kier molecular flexibility index (Phi) is 4.99. The first-order chi connectivity index (χ1) is 12.7. The summed E-state index contributed by atoms with van der Waals surface area (Å²) in [6.45, 7) is 5.66. The lowest BCUT2D eigenvalue weighted by molar-refractivity contribution is -0.114. The first-order valence-electron chi connectivity index (χ1n) is 9.02. The van der Waals surface area contributed by atoms with Gasteiger partial charge >= 0.3 is 0 Å². The van der Waals surface area contributed by atoms with Crippen molar-refractivity contribution in [2.24, 2.45) is 5.92 Å². The quantitative estimate of drug-likeness (QED) is 0.749. The number of piperidine rings is 1. The third kappa shape index (κ3) is 3.94. The molecule has 1 aliphatic rings. The highest BCUT2D eigenvalue weighted by Crippen LogP contribution is 2.25. The largest absolute Gasteiger partial charge is 0.346 e. The molecule has 26 heavy (non-hydrogen) atoms. The molecular formula is C19H23N5OS. The molecule has 4 rings (SSSR count). The van der Waals surface area contributed by atoms with E-state index in [9.17, 15) is 4.79 Å². The number of anilines is 1. The van der Waals surface area contributed by atoms with Crippen molar-refractivity contribution in [2.45, 2.75) is 32.9 Å². The summed E-state index contributed by atoms with van der Waals surface area (Å²) in [5, 5.41) is 3.45. The molecule has 1 aliphatic heterocycles. The molecule has 0 bridgehead atoms. The minimum Gasteiger partial charge on any atom is -0.346 e. The Morgan fingerprint density at radius 2 is 2.31 bits per heavy atom. The maximum Gasteiger partial charge on any atom is 0.223 e. The number of nitrogens with one attached hydrogen (secondary N) is 1. The molecular weight excluding hydrogens is 346 g/mol. The molecule has 0 aliphatic carbocycles. The molecule has 1 N–H and O–H groups in total. The van der Waals surface area contributed by atoms with Crippen LogP contribution in [0.3, 0.4) is 0 Å². The number of fused-ring (bicyclic) bond motifs is 1. The van der Waals surface area contributed by atoms with Crippen LogP contribution in [0.2, 0.25) is 0 Å². The highest BCUT2D eigenvalue weighted by molar-refractivity contribution is 7.15. The summed E-state index contributed by atoms with van der Waals surface area (Å²) in [4.78, 5) is 23.5. The summed E-state index contributed by atoms with van der Waals surface area (Å²) in [7, 11) is 0. The average Bonchev–Trinajstić information content (AvgIpc) is 3.22. The second-order valence-corrected chi connectivity index (χ2v) is 8.05. The molecule has 1 atom stereocenters. The van der Waals surface area contributed by atoms with Crippen LogP contribution in [0.4, 0.5) is 5.13 Å². The Morgan fingerprint density at radius 1 is 1.38 bits per heavy atom. The third-order valence-corrected chi connectivity index (χ3v) is 5.71. The molecule has 1 unspecified atom stereocenters. The first-order valence-corrected chi connectivity index (χ1v) is 9.83. The van der Waals surface area contributed by atoms with Gasteiger partial charge in [-0.15, -0.1) is 11.3 Å². The average molecular weight is 369 g/mol. The fourth-order valence-corrected chi connectivity index (χ4v) is 4.61. The predicted octanol–water partition coefficient (Wildman–Crippen LogP) is 3.36. The molecule has 1 saturated heterocycles. The molecule has 1 fully saturated rings. The Hall–Kier alpha value is -2.25. The third-order valence-electron chi connectivity index (χ3n) is 4.81. The van der Waals surface area contributed by atoms with Gasteiger partial charge in [0.25, 0.3) is 0 Å². The molecule has 3 aromatic rings. The molecule has 3 aromatic heterocycles. The van der Waals surface area contributed by atoms with Gasteiger partial charge < -0.3 is 9.88 Å². The van der Waals surface area contributed by atoms with E-state index in [1.54, 1.807) is 11.3 Å². The zero-order valence-corrected chi connectivity index (χ0v) is 15.7. The second kappa shape index (κ2) is 7.55. The van der Waals surface area contributed by atoms with Crippen LogP contribution in [0.5, 0.6) is 0 Å². The van der Waals surface area contributed by atoms with Crippen LogP contribution in [0, 0.1) is 5.92 Å². The second-order valence-electron chi connectivity index (χ2n) is 6.93. The van der Waals surface area contributed by atoms with Gasteiger partial charge in [0.2, 0.25) is 5.91 Å². The van der Waals surface area contributed by atoms with Gasteiger partial charge in [0, 0.05) is 50.0 Å². The van der Waals surface area contributed by atoms with Crippen molar-refractivity contribution in [1.82, 2.24) is 19.4 Å². The maximum absolute atomic E-state index is 11.1. The van der Waals surface area contributed by atoms with E-state index in [2.05, 4.69) is 43.1 Å². The minimum atomic E-state index is -0.0719. The molecule has 0 saturated carbocycles. The molecule has 0 spiro atoms. The van der Waals surface area contributed by atoms with E-state index < -0.39 is 0 Å². The normalized spacial score (nSPS) is 18.3. The molecule has 136 valence electrons. The standard InChI is InChI=1S/C19H23N5OS/c1-14(25)22-19-21-10-16(26-19)13-23-8-3-4-15(11-23)12-24-9-6-17-18(24)5-2-7-20-17/h2,5-7,9-10,15H,3-4,8,11-13H2,1H3,(H,21,22,25). The van der Waals surface area contributed by atoms with Gasteiger partial charge in [-0.3, -0.25) is 14.7 Å². The van der Waals surface area contributed by atoms with Crippen molar-refractivity contribution in [3.63, 3.8) is 0 Å². The van der Waals surface area contributed by atoms with E-state index in [1.807, 2.05) is 18.5 Å². The zero-order valence-electron chi connectivity index (χ0n) is 14.9. The van der Waals surface area contributed by atoms with Gasteiger partial charge in [0.05, 0.1) is 11.0 Å². The lowest BCUT2D eigenvalue weighted by Gasteiger charge is -2.32. The molecule has 0 radical (unpaired) electrons.